The molecule has 3 nitrogen and oxygen atoms in total. The molecule has 0 aromatic heterocycles. The first-order valence-corrected chi connectivity index (χ1v) is 5.93. The monoisotopic (exact) mass is 242 g/mol. The Balaban J connectivity index is 2.22. The lowest BCUT2D eigenvalue weighted by molar-refractivity contribution is 0.112. The van der Waals surface area contributed by atoms with E-state index >= 15 is 0 Å². The molecule has 92 valence electrons. The normalized spacial score (nSPS) is 22.5. The van der Waals surface area contributed by atoms with Crippen LogP contribution in [0.15, 0.2) is 42.5 Å². The summed E-state index contributed by atoms with van der Waals surface area (Å²) in [6.45, 7) is 1.95. The third kappa shape index (κ3) is 2.60. The molecule has 0 saturated heterocycles. The predicted octanol–water partition coefficient (Wildman–Crippen LogP) is 1.93. The highest BCUT2D eigenvalue weighted by Crippen LogP contribution is 2.32. The maximum atomic E-state index is 10.6. The third-order valence-electron chi connectivity index (χ3n) is 3.27. The van der Waals surface area contributed by atoms with Gasteiger partial charge in [-0.2, -0.15) is 0 Å². The molecule has 0 amide bonds. The van der Waals surface area contributed by atoms with Crippen molar-refractivity contribution in [3.05, 3.63) is 53.6 Å². The van der Waals surface area contributed by atoms with Crippen LogP contribution >= 0.6 is 0 Å². The molecule has 1 aliphatic carbocycles. The highest BCUT2D eigenvalue weighted by molar-refractivity contribution is 6.44. The van der Waals surface area contributed by atoms with Crippen molar-refractivity contribution in [3.63, 3.8) is 0 Å². The van der Waals surface area contributed by atoms with E-state index in [9.17, 15) is 14.8 Å². The van der Waals surface area contributed by atoms with E-state index in [4.69, 9.17) is 0 Å². The molecule has 2 atom stereocenters. The van der Waals surface area contributed by atoms with Crippen LogP contribution in [0.5, 0.6) is 0 Å². The van der Waals surface area contributed by atoms with Crippen LogP contribution in [0.2, 0.25) is 5.82 Å². The fourth-order valence-corrected chi connectivity index (χ4v) is 2.16. The maximum Gasteiger partial charge on any atom is 0.459 e. The molecule has 0 bridgehead atoms. The Hall–Kier alpha value is -1.65. The van der Waals surface area contributed by atoms with Crippen molar-refractivity contribution in [1.29, 1.82) is 0 Å². The van der Waals surface area contributed by atoms with E-state index in [-0.39, 0.29) is 11.7 Å². The van der Waals surface area contributed by atoms with Crippen LogP contribution in [-0.2, 0) is 0 Å². The molecule has 1 aromatic rings. The van der Waals surface area contributed by atoms with Gasteiger partial charge in [0, 0.05) is 11.4 Å². The predicted molar refractivity (Wildman–Crippen MR) is 72.1 cm³/mol. The summed E-state index contributed by atoms with van der Waals surface area (Å²) < 4.78 is 0. The van der Waals surface area contributed by atoms with Gasteiger partial charge in [-0.3, -0.25) is 4.79 Å². The molecule has 2 unspecified atom stereocenters. The number of allylic oxidation sites excluding steroid dienone is 4. The van der Waals surface area contributed by atoms with Crippen LogP contribution in [0, 0.1) is 5.92 Å². The fraction of sp³-hybridized carbons (Fsp3) is 0.214. The molecule has 2 N–H and O–H groups in total. The first kappa shape index (κ1) is 12.8. The molecular formula is C14H15BO3. The molecule has 0 aliphatic heterocycles. The average Bonchev–Trinajstić information content (AvgIpc) is 2.38. The molecule has 1 aromatic carbocycles. The van der Waals surface area contributed by atoms with Crippen LogP contribution in [0.3, 0.4) is 0 Å². The summed E-state index contributed by atoms with van der Waals surface area (Å²) in [5, 5.41) is 18.4. The molecule has 1 aliphatic rings. The van der Waals surface area contributed by atoms with Gasteiger partial charge in [0.25, 0.3) is 0 Å². The van der Waals surface area contributed by atoms with Crippen molar-refractivity contribution in [3.8, 4) is 0 Å². The standard InChI is InChI=1S/C14H15BO3/c1-10-8-13(6-7-14(10)15(17)18)12-4-2-11(9-16)3-5-12/h2-10,14,17-18H,1H3. The van der Waals surface area contributed by atoms with E-state index in [1.807, 2.05) is 37.3 Å². The van der Waals surface area contributed by atoms with Crippen LogP contribution in [0.25, 0.3) is 5.57 Å². The minimum Gasteiger partial charge on any atom is -0.427 e. The molecule has 0 heterocycles. The van der Waals surface area contributed by atoms with Gasteiger partial charge in [0.2, 0.25) is 0 Å². The van der Waals surface area contributed by atoms with Crippen molar-refractivity contribution in [1.82, 2.24) is 0 Å². The molecule has 0 radical (unpaired) electrons. The van der Waals surface area contributed by atoms with Crippen molar-refractivity contribution in [2.45, 2.75) is 12.7 Å². The lowest BCUT2D eigenvalue weighted by Crippen LogP contribution is -2.24. The van der Waals surface area contributed by atoms with Gasteiger partial charge in [0.1, 0.15) is 6.29 Å². The van der Waals surface area contributed by atoms with E-state index in [1.54, 1.807) is 12.1 Å². The number of aldehydes is 1. The Kier molecular flexibility index (Phi) is 3.79. The van der Waals surface area contributed by atoms with Gasteiger partial charge in [0.15, 0.2) is 0 Å². The lowest BCUT2D eigenvalue weighted by Gasteiger charge is -2.22. The van der Waals surface area contributed by atoms with E-state index in [0.717, 1.165) is 17.4 Å². The number of hydrogen-bond donors (Lipinski definition) is 2. The topological polar surface area (TPSA) is 57.5 Å². The smallest absolute Gasteiger partial charge is 0.427 e. The SMILES string of the molecule is CC1C=C(c2ccc(C=O)cc2)C=CC1B(O)O. The molecule has 2 rings (SSSR count). The van der Waals surface area contributed by atoms with Gasteiger partial charge in [-0.05, 0) is 17.1 Å². The van der Waals surface area contributed by atoms with Crippen molar-refractivity contribution < 1.29 is 14.8 Å². The second kappa shape index (κ2) is 5.33. The largest absolute Gasteiger partial charge is 0.459 e. The number of benzene rings is 1. The number of hydrogen-bond acceptors (Lipinski definition) is 3. The van der Waals surface area contributed by atoms with Gasteiger partial charge in [0.05, 0.1) is 0 Å². The summed E-state index contributed by atoms with van der Waals surface area (Å²) in [4.78, 5) is 10.6. The third-order valence-corrected chi connectivity index (χ3v) is 3.27. The summed E-state index contributed by atoms with van der Waals surface area (Å²) in [5.74, 6) is -0.196. The van der Waals surface area contributed by atoms with Crippen molar-refractivity contribution >= 4 is 19.0 Å². The Bertz CT molecular complexity index is 488. The van der Waals surface area contributed by atoms with Crippen molar-refractivity contribution in [2.75, 3.05) is 0 Å². The fourth-order valence-electron chi connectivity index (χ4n) is 2.16. The second-order valence-electron chi connectivity index (χ2n) is 4.57. The first-order valence-electron chi connectivity index (χ1n) is 5.93. The van der Waals surface area contributed by atoms with Gasteiger partial charge >= 0.3 is 7.12 Å². The maximum absolute atomic E-state index is 10.6. The summed E-state index contributed by atoms with van der Waals surface area (Å²) in [6.07, 6.45) is 6.54. The minimum atomic E-state index is -1.33. The lowest BCUT2D eigenvalue weighted by atomic mass is 9.64. The molecule has 0 spiro atoms. The van der Waals surface area contributed by atoms with E-state index in [1.165, 1.54) is 0 Å². The zero-order valence-electron chi connectivity index (χ0n) is 10.2. The van der Waals surface area contributed by atoms with Crippen LogP contribution in [0.1, 0.15) is 22.8 Å². The number of carbonyl (C=O) groups is 1. The van der Waals surface area contributed by atoms with E-state index in [2.05, 4.69) is 0 Å². The highest BCUT2D eigenvalue weighted by Gasteiger charge is 2.27. The van der Waals surface area contributed by atoms with Crippen molar-refractivity contribution in [2.24, 2.45) is 5.92 Å². The molecule has 0 fully saturated rings. The zero-order valence-corrected chi connectivity index (χ0v) is 10.2. The van der Waals surface area contributed by atoms with E-state index in [0.29, 0.717) is 5.56 Å². The molecule has 4 heteroatoms. The van der Waals surface area contributed by atoms with Crippen LogP contribution < -0.4 is 0 Å². The Labute approximate surface area is 107 Å². The second-order valence-corrected chi connectivity index (χ2v) is 4.57. The number of carbonyl (C=O) groups excluding carboxylic acids is 1. The summed E-state index contributed by atoms with van der Waals surface area (Å²) in [5.41, 5.74) is 2.71. The van der Waals surface area contributed by atoms with Crippen LogP contribution in [-0.4, -0.2) is 23.5 Å². The first-order chi connectivity index (χ1) is 8.61. The Morgan fingerprint density at radius 3 is 2.39 bits per heavy atom. The summed E-state index contributed by atoms with van der Waals surface area (Å²) in [7, 11) is -1.33. The molecular weight excluding hydrogens is 227 g/mol. The Morgan fingerprint density at radius 1 is 1.22 bits per heavy atom. The highest BCUT2D eigenvalue weighted by atomic mass is 16.4. The number of rotatable bonds is 3. The van der Waals surface area contributed by atoms with Gasteiger partial charge < -0.3 is 10.0 Å². The zero-order chi connectivity index (χ0) is 13.1. The quantitative estimate of drug-likeness (QED) is 0.629. The Morgan fingerprint density at radius 2 is 1.89 bits per heavy atom. The van der Waals surface area contributed by atoms with Crippen LogP contribution in [0.4, 0.5) is 0 Å². The van der Waals surface area contributed by atoms with Gasteiger partial charge in [-0.15, -0.1) is 0 Å². The van der Waals surface area contributed by atoms with Gasteiger partial charge in [-0.1, -0.05) is 49.4 Å². The van der Waals surface area contributed by atoms with E-state index < -0.39 is 7.12 Å². The average molecular weight is 242 g/mol. The van der Waals surface area contributed by atoms with Gasteiger partial charge in [-0.25, -0.2) is 0 Å². The minimum absolute atomic E-state index is 0.0655. The molecule has 18 heavy (non-hydrogen) atoms. The summed E-state index contributed by atoms with van der Waals surface area (Å²) >= 11 is 0. The summed E-state index contributed by atoms with van der Waals surface area (Å²) in [6, 6.07) is 7.33. The molecule has 0 saturated carbocycles.